The second kappa shape index (κ2) is 4.49. The molecular formula is C7H10N4O5S. The van der Waals surface area contributed by atoms with Gasteiger partial charge in [-0.3, -0.25) is 4.79 Å². The summed E-state index contributed by atoms with van der Waals surface area (Å²) in [6, 6.07) is 0. The number of aryl methyl sites for hydroxylation is 1. The third-order valence-electron chi connectivity index (χ3n) is 1.96. The molecule has 0 aromatic carbocycles. The molecule has 0 aliphatic carbocycles. The van der Waals surface area contributed by atoms with Crippen LogP contribution in [-0.2, 0) is 16.3 Å². The maximum atomic E-state index is 11.0. The molecule has 0 bridgehead atoms. The van der Waals surface area contributed by atoms with E-state index in [1.165, 1.54) is 0 Å². The van der Waals surface area contributed by atoms with Crippen molar-refractivity contribution in [3.05, 3.63) is 21.4 Å². The van der Waals surface area contributed by atoms with E-state index in [4.69, 9.17) is 5.73 Å². The Morgan fingerprint density at radius 2 is 2.18 bits per heavy atom. The molecule has 17 heavy (non-hydrogen) atoms. The molecule has 94 valence electrons. The Kier molecular flexibility index (Phi) is 3.46. The fraction of sp³-hybridized carbons (Fsp3) is 0.429. The number of H-pyrrole nitrogens is 1. The number of aromatic nitrogens is 2. The lowest BCUT2D eigenvalue weighted by Crippen LogP contribution is -2.16. The summed E-state index contributed by atoms with van der Waals surface area (Å²) >= 11 is 0. The molecule has 1 amide bonds. The van der Waals surface area contributed by atoms with Gasteiger partial charge in [-0.1, -0.05) is 0 Å². The fourth-order valence-corrected chi connectivity index (χ4v) is 1.80. The molecule has 9 nitrogen and oxygen atoms in total. The number of nitrogens with one attached hydrogen (secondary N) is 1. The van der Waals surface area contributed by atoms with E-state index in [1.807, 2.05) is 0 Å². The quantitative estimate of drug-likeness (QED) is 0.513. The highest BCUT2D eigenvalue weighted by Gasteiger charge is 2.27. The number of carbonyl (C=O) groups is 1. The van der Waals surface area contributed by atoms with Crippen molar-refractivity contribution < 1.29 is 18.1 Å². The summed E-state index contributed by atoms with van der Waals surface area (Å²) in [5.41, 5.74) is 4.66. The average Bonchev–Trinajstić information content (AvgIpc) is 2.56. The molecule has 0 spiro atoms. The maximum Gasteiger partial charge on any atom is 0.402 e. The van der Waals surface area contributed by atoms with E-state index in [9.17, 15) is 23.3 Å². The zero-order valence-electron chi connectivity index (χ0n) is 8.84. The van der Waals surface area contributed by atoms with E-state index in [0.717, 1.165) is 6.26 Å². The Balaban J connectivity index is 3.09. The number of nitrogens with two attached hydrogens (primary N) is 1. The lowest BCUT2D eigenvalue weighted by molar-refractivity contribution is -0.389. The Morgan fingerprint density at radius 3 is 2.59 bits per heavy atom. The largest absolute Gasteiger partial charge is 0.402 e. The van der Waals surface area contributed by atoms with Gasteiger partial charge in [0, 0.05) is 12.7 Å². The second-order valence-corrected chi connectivity index (χ2v) is 5.66. The standard InChI is InChI=1S/C7H10N4O5S/c1-17(15,16)3-2-4-5(6(8)12)7(10-9-4)11(13)14/h2-3H2,1H3,(H2,8,12)(H,9,10). The number of rotatable bonds is 5. The molecule has 0 saturated carbocycles. The summed E-state index contributed by atoms with van der Waals surface area (Å²) in [4.78, 5) is 20.7. The summed E-state index contributed by atoms with van der Waals surface area (Å²) in [5, 5.41) is 16.1. The first-order valence-electron chi connectivity index (χ1n) is 4.41. The van der Waals surface area contributed by atoms with Gasteiger partial charge in [0.05, 0.1) is 16.5 Å². The van der Waals surface area contributed by atoms with Crippen LogP contribution in [0.2, 0.25) is 0 Å². The molecule has 0 radical (unpaired) electrons. The highest BCUT2D eigenvalue weighted by Crippen LogP contribution is 2.18. The van der Waals surface area contributed by atoms with E-state index in [1.54, 1.807) is 0 Å². The lowest BCUT2D eigenvalue weighted by Gasteiger charge is -1.97. The predicted octanol–water partition coefficient (Wildman–Crippen LogP) is -0.996. The van der Waals surface area contributed by atoms with Crippen LogP contribution < -0.4 is 5.73 Å². The molecule has 0 unspecified atom stereocenters. The van der Waals surface area contributed by atoms with E-state index in [0.29, 0.717) is 0 Å². The van der Waals surface area contributed by atoms with Crippen LogP contribution in [-0.4, -0.2) is 41.5 Å². The van der Waals surface area contributed by atoms with Crippen LogP contribution in [0.25, 0.3) is 0 Å². The molecule has 1 aromatic heterocycles. The number of nitro groups is 1. The molecule has 1 heterocycles. The van der Waals surface area contributed by atoms with Gasteiger partial charge in [-0.05, 0) is 4.92 Å². The van der Waals surface area contributed by atoms with Crippen LogP contribution in [0, 0.1) is 10.1 Å². The van der Waals surface area contributed by atoms with Gasteiger partial charge in [-0.2, -0.15) is 5.10 Å². The number of hydrogen-bond donors (Lipinski definition) is 2. The third-order valence-corrected chi connectivity index (χ3v) is 2.91. The van der Waals surface area contributed by atoms with Crippen molar-refractivity contribution in [1.82, 2.24) is 10.2 Å². The molecule has 0 aliphatic heterocycles. The van der Waals surface area contributed by atoms with Gasteiger partial charge in [0.25, 0.3) is 5.91 Å². The number of carbonyl (C=O) groups excluding carboxylic acids is 1. The first-order chi connectivity index (χ1) is 7.72. The van der Waals surface area contributed by atoms with Crippen LogP contribution in [0.1, 0.15) is 16.1 Å². The molecule has 10 heteroatoms. The van der Waals surface area contributed by atoms with Crippen molar-refractivity contribution in [3.63, 3.8) is 0 Å². The minimum Gasteiger partial charge on any atom is -0.365 e. The molecule has 1 rings (SSSR count). The lowest BCUT2D eigenvalue weighted by atomic mass is 10.2. The zero-order valence-corrected chi connectivity index (χ0v) is 9.65. The maximum absolute atomic E-state index is 11.0. The van der Waals surface area contributed by atoms with Crippen LogP contribution in [0.4, 0.5) is 5.82 Å². The Bertz CT molecular complexity index is 561. The van der Waals surface area contributed by atoms with E-state index in [2.05, 4.69) is 10.2 Å². The monoisotopic (exact) mass is 262 g/mol. The minimum atomic E-state index is -3.25. The second-order valence-electron chi connectivity index (χ2n) is 3.40. The molecule has 0 atom stereocenters. The van der Waals surface area contributed by atoms with E-state index < -0.39 is 26.5 Å². The average molecular weight is 262 g/mol. The fourth-order valence-electron chi connectivity index (χ4n) is 1.23. The summed E-state index contributed by atoms with van der Waals surface area (Å²) < 4.78 is 21.9. The topological polar surface area (TPSA) is 149 Å². The first kappa shape index (κ1) is 13.1. The number of hydrogen-bond acceptors (Lipinski definition) is 6. The molecule has 0 aliphatic rings. The van der Waals surface area contributed by atoms with Gasteiger partial charge in [-0.15, -0.1) is 0 Å². The molecule has 1 aromatic rings. The van der Waals surface area contributed by atoms with Crippen LogP contribution in [0.3, 0.4) is 0 Å². The van der Waals surface area contributed by atoms with Crippen LogP contribution >= 0.6 is 0 Å². The van der Waals surface area contributed by atoms with Gasteiger partial charge in [0.2, 0.25) is 0 Å². The van der Waals surface area contributed by atoms with Crippen LogP contribution in [0.5, 0.6) is 0 Å². The predicted molar refractivity (Wildman–Crippen MR) is 57.2 cm³/mol. The molecule has 0 saturated heterocycles. The first-order valence-corrected chi connectivity index (χ1v) is 6.47. The van der Waals surface area contributed by atoms with Crippen molar-refractivity contribution in [2.24, 2.45) is 5.73 Å². The number of nitrogens with zero attached hydrogens (tertiary/aromatic N) is 2. The summed E-state index contributed by atoms with van der Waals surface area (Å²) in [6.07, 6.45) is 0.930. The summed E-state index contributed by atoms with van der Waals surface area (Å²) in [5.74, 6) is -1.97. The molecule has 0 fully saturated rings. The number of sulfone groups is 1. The smallest absolute Gasteiger partial charge is 0.365 e. The normalized spacial score (nSPS) is 11.4. The third kappa shape index (κ3) is 3.24. The number of primary amides is 1. The van der Waals surface area contributed by atoms with Crippen molar-refractivity contribution in [1.29, 1.82) is 0 Å². The van der Waals surface area contributed by atoms with Gasteiger partial charge >= 0.3 is 5.82 Å². The highest BCUT2D eigenvalue weighted by atomic mass is 32.2. The van der Waals surface area contributed by atoms with Crippen molar-refractivity contribution >= 4 is 21.6 Å². The van der Waals surface area contributed by atoms with Crippen molar-refractivity contribution in [2.45, 2.75) is 6.42 Å². The van der Waals surface area contributed by atoms with Gasteiger partial charge in [0.1, 0.15) is 9.84 Å². The van der Waals surface area contributed by atoms with Gasteiger partial charge in [-0.25, -0.2) is 8.42 Å². The Hall–Kier alpha value is -1.97. The molecular weight excluding hydrogens is 252 g/mol. The Labute approximate surface area is 96.1 Å². The van der Waals surface area contributed by atoms with Crippen LogP contribution in [0.15, 0.2) is 0 Å². The van der Waals surface area contributed by atoms with E-state index in [-0.39, 0.29) is 23.4 Å². The number of amides is 1. The minimum absolute atomic E-state index is 0.0506. The van der Waals surface area contributed by atoms with Gasteiger partial charge < -0.3 is 15.8 Å². The van der Waals surface area contributed by atoms with Gasteiger partial charge in [0.15, 0.2) is 5.56 Å². The molecule has 3 N–H and O–H groups in total. The highest BCUT2D eigenvalue weighted by molar-refractivity contribution is 7.90. The van der Waals surface area contributed by atoms with E-state index >= 15 is 0 Å². The van der Waals surface area contributed by atoms with Crippen molar-refractivity contribution in [2.75, 3.05) is 12.0 Å². The summed E-state index contributed by atoms with van der Waals surface area (Å²) in [7, 11) is -3.25. The zero-order chi connectivity index (χ0) is 13.2. The SMILES string of the molecule is CS(=O)(=O)CCc1[nH]nc([N+](=O)[O-])c1C(N)=O. The number of aromatic amines is 1. The Morgan fingerprint density at radius 1 is 1.59 bits per heavy atom. The van der Waals surface area contributed by atoms with Crippen molar-refractivity contribution in [3.8, 4) is 0 Å². The summed E-state index contributed by atoms with van der Waals surface area (Å²) in [6.45, 7) is 0.